The van der Waals surface area contributed by atoms with Crippen molar-refractivity contribution in [2.24, 2.45) is 11.3 Å². The van der Waals surface area contributed by atoms with Gasteiger partial charge in [0.05, 0.1) is 13.2 Å². The van der Waals surface area contributed by atoms with E-state index in [9.17, 15) is 28.2 Å². The maximum atomic E-state index is 13.8. The van der Waals surface area contributed by atoms with E-state index < -0.39 is 58.6 Å². The Hall–Kier alpha value is -4.48. The zero-order chi connectivity index (χ0) is 35.6. The fourth-order valence-electron chi connectivity index (χ4n) is 5.32. The van der Waals surface area contributed by atoms with Gasteiger partial charge in [0.25, 0.3) is 22.7 Å². The van der Waals surface area contributed by atoms with Crippen molar-refractivity contribution in [2.45, 2.75) is 83.8 Å². The van der Waals surface area contributed by atoms with Crippen molar-refractivity contribution in [2.75, 3.05) is 19.8 Å². The maximum absolute atomic E-state index is 13.8. The molecule has 2 aromatic rings. The number of H-pyrrole nitrogens is 1. The highest BCUT2D eigenvalue weighted by atomic mass is 32.2. The van der Waals surface area contributed by atoms with Gasteiger partial charge in [-0.15, -0.1) is 6.58 Å². The number of nitrogens with zero attached hydrogens (tertiary/aromatic N) is 1. The largest absolute Gasteiger partial charge is 0.450 e. The second kappa shape index (κ2) is 17.3. The van der Waals surface area contributed by atoms with Crippen LogP contribution < -0.4 is 20.9 Å². The minimum Gasteiger partial charge on any atom is -0.450 e. The highest BCUT2D eigenvalue weighted by Gasteiger charge is 2.42. The molecule has 1 aromatic carbocycles. The number of hydrogen-bond acceptors (Lipinski definition) is 8. The fraction of sp³-hybridized carbons (Fsp3) is 0.514. The van der Waals surface area contributed by atoms with E-state index in [0.29, 0.717) is 49.1 Å². The van der Waals surface area contributed by atoms with Gasteiger partial charge in [0.1, 0.15) is 18.1 Å². The van der Waals surface area contributed by atoms with Crippen LogP contribution in [-0.2, 0) is 34.6 Å². The number of fused-ring (bicyclic) bond motifs is 1. The first-order valence-electron chi connectivity index (χ1n) is 16.5. The molecule has 1 saturated heterocycles. The summed E-state index contributed by atoms with van der Waals surface area (Å²) in [5, 5.41) is 6.73. The molecule has 4 atom stereocenters. The Bertz CT molecular complexity index is 1690. The van der Waals surface area contributed by atoms with Gasteiger partial charge in [-0.05, 0) is 73.4 Å². The zero-order valence-corrected chi connectivity index (χ0v) is 29.0. The van der Waals surface area contributed by atoms with Crippen LogP contribution in [0.2, 0.25) is 0 Å². The minimum absolute atomic E-state index is 0.0703. The van der Waals surface area contributed by atoms with Crippen molar-refractivity contribution in [3.63, 3.8) is 0 Å². The van der Waals surface area contributed by atoms with Crippen molar-refractivity contribution in [1.82, 2.24) is 25.2 Å². The summed E-state index contributed by atoms with van der Waals surface area (Å²) in [6.45, 7) is 9.69. The van der Waals surface area contributed by atoms with Gasteiger partial charge in [-0.25, -0.2) is 9.00 Å². The van der Waals surface area contributed by atoms with Crippen LogP contribution in [0.1, 0.15) is 71.3 Å². The van der Waals surface area contributed by atoms with E-state index in [2.05, 4.69) is 38.8 Å². The van der Waals surface area contributed by atoms with Gasteiger partial charge in [0.15, 0.2) is 0 Å². The minimum atomic E-state index is -2.04. The summed E-state index contributed by atoms with van der Waals surface area (Å²) in [7, 11) is 0. The lowest BCUT2D eigenvalue weighted by atomic mass is 9.85. The van der Waals surface area contributed by atoms with Gasteiger partial charge in [0.2, 0.25) is 11.8 Å². The van der Waals surface area contributed by atoms with Gasteiger partial charge in [0, 0.05) is 30.1 Å². The molecule has 2 unspecified atom stereocenters. The number of alkyl carbamates (subject to hydrolysis) is 1. The number of benzene rings is 1. The third-order valence-electron chi connectivity index (χ3n) is 8.23. The summed E-state index contributed by atoms with van der Waals surface area (Å²) in [6, 6.07) is 4.29. The third kappa shape index (κ3) is 11.0. The van der Waals surface area contributed by atoms with Crippen LogP contribution in [0.4, 0.5) is 4.79 Å². The molecule has 14 heteroatoms. The van der Waals surface area contributed by atoms with Gasteiger partial charge in [-0.2, -0.15) is 0 Å². The molecule has 13 nitrogen and oxygen atoms in total. The Morgan fingerprint density at radius 3 is 2.65 bits per heavy atom. The number of carbonyl (C=O) groups is 4. The van der Waals surface area contributed by atoms with E-state index in [1.54, 1.807) is 33.0 Å². The van der Waals surface area contributed by atoms with E-state index in [1.807, 2.05) is 18.2 Å². The molecule has 4 rings (SSSR count). The van der Waals surface area contributed by atoms with Crippen LogP contribution in [0.25, 0.3) is 10.8 Å². The molecule has 2 aliphatic rings. The zero-order valence-electron chi connectivity index (χ0n) is 28.2. The summed E-state index contributed by atoms with van der Waals surface area (Å²) in [4.78, 5) is 68.8. The second-order valence-electron chi connectivity index (χ2n) is 13.3. The van der Waals surface area contributed by atoms with Crippen LogP contribution >= 0.6 is 0 Å². The Labute approximate surface area is 288 Å². The summed E-state index contributed by atoms with van der Waals surface area (Å²) in [5.41, 5.74) is -0.200. The predicted molar refractivity (Wildman–Crippen MR) is 185 cm³/mol. The molecule has 4 amide bonds. The van der Waals surface area contributed by atoms with E-state index >= 15 is 0 Å². The predicted octanol–water partition coefficient (Wildman–Crippen LogP) is 2.97. The summed E-state index contributed by atoms with van der Waals surface area (Å²) in [6.07, 6.45) is 6.18. The smallest absolute Gasteiger partial charge is 0.407 e. The van der Waals surface area contributed by atoms with Crippen molar-refractivity contribution in [3.8, 4) is 11.8 Å². The lowest BCUT2D eigenvalue weighted by molar-refractivity contribution is -0.142. The van der Waals surface area contributed by atoms with E-state index in [0.717, 1.165) is 18.2 Å². The Morgan fingerprint density at radius 2 is 1.94 bits per heavy atom. The number of amides is 4. The van der Waals surface area contributed by atoms with Crippen LogP contribution in [0.15, 0.2) is 47.9 Å². The standard InChI is InChI=1S/C35H45N5O8S/c1-5-10-27(31(42)39-49(46)48-22-24-13-14-24)37-32(43)28-12-9-19-40(28)33(44)29(35(2,3)4)38-34(45)47-20-8-6-7-11-23-15-16-25-17-18-36-30(41)26(25)21-23/h5,15-18,21,24,27-29H,1,6,8-10,12-14,19-20,22H2,2-4H3,(H,36,41)(H,37,43)(H,38,45)(H,39,42)/t27?,28-,29+,49?/m0/s1. The third-order valence-corrected chi connectivity index (χ3v) is 8.95. The summed E-state index contributed by atoms with van der Waals surface area (Å²) in [5.74, 6) is 4.72. The monoisotopic (exact) mass is 695 g/mol. The Balaban J connectivity index is 1.28. The first kappa shape index (κ1) is 37.3. The average molecular weight is 696 g/mol. The van der Waals surface area contributed by atoms with Crippen molar-refractivity contribution >= 4 is 45.9 Å². The van der Waals surface area contributed by atoms with Gasteiger partial charge < -0.3 is 25.3 Å². The van der Waals surface area contributed by atoms with Gasteiger partial charge in [-0.3, -0.25) is 28.1 Å². The molecule has 2 fully saturated rings. The molecule has 1 saturated carbocycles. The Kier molecular flexibility index (Phi) is 13.2. The number of hydrogen-bond donors (Lipinski definition) is 4. The molecule has 1 aliphatic carbocycles. The SMILES string of the molecule is C=CCC(NC(=O)[C@@H]1CCCN1C(=O)[C@@H](NC(=O)OCCCC#Cc1ccc2cc[nH]c(=O)c2c1)C(C)(C)C)C(=O)NS(=O)OCC1CC1. The first-order valence-corrected chi connectivity index (χ1v) is 17.6. The molecule has 0 radical (unpaired) electrons. The fourth-order valence-corrected chi connectivity index (χ4v) is 6.00. The molecule has 0 bridgehead atoms. The van der Waals surface area contributed by atoms with Gasteiger partial charge in [-0.1, -0.05) is 44.8 Å². The first-order chi connectivity index (χ1) is 23.4. The molecule has 49 heavy (non-hydrogen) atoms. The number of ether oxygens (including phenoxy) is 1. The van der Waals surface area contributed by atoms with E-state index in [1.165, 1.54) is 11.0 Å². The topological polar surface area (TPSA) is 176 Å². The summed E-state index contributed by atoms with van der Waals surface area (Å²) < 4.78 is 24.9. The van der Waals surface area contributed by atoms with Crippen LogP contribution in [0.3, 0.4) is 0 Å². The molecule has 264 valence electrons. The molecule has 1 aliphatic heterocycles. The maximum Gasteiger partial charge on any atom is 0.407 e. The highest BCUT2D eigenvalue weighted by Crippen LogP contribution is 2.29. The quantitative estimate of drug-likeness (QED) is 0.133. The molecule has 0 spiro atoms. The van der Waals surface area contributed by atoms with Crippen molar-refractivity contribution in [3.05, 3.63) is 59.0 Å². The molecule has 1 aromatic heterocycles. The van der Waals surface area contributed by atoms with E-state index in [-0.39, 0.29) is 25.2 Å². The van der Waals surface area contributed by atoms with Crippen molar-refractivity contribution < 1.29 is 32.3 Å². The summed E-state index contributed by atoms with van der Waals surface area (Å²) >= 11 is -2.04. The highest BCUT2D eigenvalue weighted by molar-refractivity contribution is 7.78. The Morgan fingerprint density at radius 1 is 1.16 bits per heavy atom. The second-order valence-corrected chi connectivity index (χ2v) is 14.2. The van der Waals surface area contributed by atoms with Crippen LogP contribution in [0, 0.1) is 23.2 Å². The lowest BCUT2D eigenvalue weighted by Crippen LogP contribution is -2.59. The molecule has 4 N–H and O–H groups in total. The average Bonchev–Trinajstić information content (AvgIpc) is 3.76. The lowest BCUT2D eigenvalue weighted by Gasteiger charge is -2.35. The van der Waals surface area contributed by atoms with E-state index in [4.69, 9.17) is 8.92 Å². The number of nitrogens with one attached hydrogen (secondary N) is 4. The van der Waals surface area contributed by atoms with Crippen molar-refractivity contribution in [1.29, 1.82) is 0 Å². The normalized spacial score (nSPS) is 17.6. The van der Waals surface area contributed by atoms with Gasteiger partial charge >= 0.3 is 6.09 Å². The number of likely N-dealkylation sites (tertiary alicyclic amines) is 1. The molecular formula is C35H45N5O8S. The number of aromatic nitrogens is 1. The number of pyridine rings is 1. The molecular weight excluding hydrogens is 650 g/mol. The van der Waals surface area contributed by atoms with Crippen LogP contribution in [0.5, 0.6) is 0 Å². The molecule has 2 heterocycles. The number of aromatic amines is 1. The number of carbonyl (C=O) groups excluding carboxylic acids is 4. The number of rotatable bonds is 14. The van der Waals surface area contributed by atoms with Crippen LogP contribution in [-0.4, -0.2) is 75.8 Å². The number of unbranched alkanes of at least 4 members (excludes halogenated alkanes) is 1.